The molecular weight excluding hydrogens is 350 g/mol. The van der Waals surface area contributed by atoms with Crippen molar-refractivity contribution in [1.29, 1.82) is 0 Å². The highest BCUT2D eigenvalue weighted by Crippen LogP contribution is 2.33. The SMILES string of the molecule is CCc1nc(CCNC(=O)N2CCc3cc(OC)c(OC)cc3C2)cs1. The maximum absolute atomic E-state index is 12.5. The quantitative estimate of drug-likeness (QED) is 0.843. The van der Waals surface area contributed by atoms with Gasteiger partial charge >= 0.3 is 6.03 Å². The van der Waals surface area contributed by atoms with E-state index >= 15 is 0 Å². The fourth-order valence-corrected chi connectivity index (χ4v) is 3.87. The van der Waals surface area contributed by atoms with Crippen LogP contribution in [0.4, 0.5) is 4.79 Å². The molecule has 1 aromatic carbocycles. The average molecular weight is 375 g/mol. The topological polar surface area (TPSA) is 63.7 Å². The molecule has 0 atom stereocenters. The summed E-state index contributed by atoms with van der Waals surface area (Å²) in [5, 5.41) is 6.22. The number of hydrogen-bond donors (Lipinski definition) is 1. The number of urea groups is 1. The molecule has 7 heteroatoms. The van der Waals surface area contributed by atoms with Crippen molar-refractivity contribution in [1.82, 2.24) is 15.2 Å². The standard InChI is InChI=1S/C19H25N3O3S/c1-4-18-21-15(12-26-18)5-7-20-19(23)22-8-6-13-9-16(24-2)17(25-3)10-14(13)11-22/h9-10,12H,4-8,11H2,1-3H3,(H,20,23). The minimum Gasteiger partial charge on any atom is -0.493 e. The third kappa shape index (κ3) is 4.09. The van der Waals surface area contributed by atoms with E-state index < -0.39 is 0 Å². The van der Waals surface area contributed by atoms with Gasteiger partial charge in [-0.1, -0.05) is 6.92 Å². The Morgan fingerprint density at radius 2 is 2.00 bits per heavy atom. The third-order valence-electron chi connectivity index (χ3n) is 4.56. The number of fused-ring (bicyclic) bond motifs is 1. The number of aromatic nitrogens is 1. The Hall–Kier alpha value is -2.28. The van der Waals surface area contributed by atoms with Crippen molar-refractivity contribution < 1.29 is 14.3 Å². The van der Waals surface area contributed by atoms with Crippen LogP contribution in [0.2, 0.25) is 0 Å². The van der Waals surface area contributed by atoms with Crippen molar-refractivity contribution in [3.63, 3.8) is 0 Å². The summed E-state index contributed by atoms with van der Waals surface area (Å²) in [6, 6.07) is 3.95. The van der Waals surface area contributed by atoms with Gasteiger partial charge in [-0.05, 0) is 36.1 Å². The van der Waals surface area contributed by atoms with Crippen molar-refractivity contribution in [3.8, 4) is 11.5 Å². The molecule has 0 unspecified atom stereocenters. The number of thiazole rings is 1. The van der Waals surface area contributed by atoms with Crippen LogP contribution in [0.25, 0.3) is 0 Å². The fraction of sp³-hybridized carbons (Fsp3) is 0.474. The molecule has 3 rings (SSSR count). The molecule has 1 N–H and O–H groups in total. The molecule has 1 aliphatic heterocycles. The second-order valence-corrected chi connectivity index (χ2v) is 7.16. The van der Waals surface area contributed by atoms with E-state index in [-0.39, 0.29) is 6.03 Å². The highest BCUT2D eigenvalue weighted by molar-refractivity contribution is 7.09. The number of ether oxygens (including phenoxy) is 2. The first-order valence-corrected chi connectivity index (χ1v) is 9.72. The summed E-state index contributed by atoms with van der Waals surface area (Å²) in [6.07, 6.45) is 2.53. The number of hydrogen-bond acceptors (Lipinski definition) is 5. The Morgan fingerprint density at radius 1 is 1.27 bits per heavy atom. The predicted octanol–water partition coefficient (Wildman–Crippen LogP) is 3.03. The highest BCUT2D eigenvalue weighted by Gasteiger charge is 2.22. The minimum atomic E-state index is -0.0311. The normalized spacial score (nSPS) is 13.3. The monoisotopic (exact) mass is 375 g/mol. The van der Waals surface area contributed by atoms with Crippen LogP contribution < -0.4 is 14.8 Å². The second-order valence-electron chi connectivity index (χ2n) is 6.22. The largest absolute Gasteiger partial charge is 0.493 e. The van der Waals surface area contributed by atoms with Crippen LogP contribution >= 0.6 is 11.3 Å². The first-order valence-electron chi connectivity index (χ1n) is 8.84. The van der Waals surface area contributed by atoms with Crippen LogP contribution in [-0.2, 0) is 25.8 Å². The molecule has 26 heavy (non-hydrogen) atoms. The van der Waals surface area contributed by atoms with Crippen LogP contribution in [0.3, 0.4) is 0 Å². The fourth-order valence-electron chi connectivity index (χ4n) is 3.09. The molecule has 0 aliphatic carbocycles. The summed E-state index contributed by atoms with van der Waals surface area (Å²) < 4.78 is 10.7. The number of rotatable bonds is 6. The molecule has 1 aliphatic rings. The van der Waals surface area contributed by atoms with E-state index in [1.807, 2.05) is 17.0 Å². The smallest absolute Gasteiger partial charge is 0.317 e. The summed E-state index contributed by atoms with van der Waals surface area (Å²) in [5.41, 5.74) is 3.37. The number of amides is 2. The van der Waals surface area contributed by atoms with Gasteiger partial charge in [0.05, 0.1) is 24.9 Å². The molecule has 0 saturated heterocycles. The molecule has 1 aromatic heterocycles. The van der Waals surface area contributed by atoms with Gasteiger partial charge in [-0.25, -0.2) is 9.78 Å². The summed E-state index contributed by atoms with van der Waals surface area (Å²) in [7, 11) is 3.26. The molecule has 0 spiro atoms. The highest BCUT2D eigenvalue weighted by atomic mass is 32.1. The minimum absolute atomic E-state index is 0.0311. The van der Waals surface area contributed by atoms with E-state index in [1.54, 1.807) is 25.6 Å². The third-order valence-corrected chi connectivity index (χ3v) is 5.61. The molecule has 6 nitrogen and oxygen atoms in total. The Labute approximate surface area is 158 Å². The predicted molar refractivity (Wildman–Crippen MR) is 102 cm³/mol. The second kappa shape index (κ2) is 8.40. The summed E-state index contributed by atoms with van der Waals surface area (Å²) >= 11 is 1.68. The van der Waals surface area contributed by atoms with Gasteiger partial charge in [0.1, 0.15) is 0 Å². The lowest BCUT2D eigenvalue weighted by Gasteiger charge is -2.29. The Kier molecular flexibility index (Phi) is 5.98. The van der Waals surface area contributed by atoms with Gasteiger partial charge in [0.15, 0.2) is 11.5 Å². The van der Waals surface area contributed by atoms with Crippen molar-refractivity contribution in [2.45, 2.75) is 32.7 Å². The van der Waals surface area contributed by atoms with Crippen molar-refractivity contribution in [3.05, 3.63) is 39.3 Å². The van der Waals surface area contributed by atoms with Crippen molar-refractivity contribution >= 4 is 17.4 Å². The van der Waals surface area contributed by atoms with Gasteiger partial charge < -0.3 is 19.7 Å². The lowest BCUT2D eigenvalue weighted by atomic mass is 9.99. The number of nitrogens with one attached hydrogen (secondary N) is 1. The zero-order chi connectivity index (χ0) is 18.5. The number of nitrogens with zero attached hydrogens (tertiary/aromatic N) is 2. The summed E-state index contributed by atoms with van der Waals surface area (Å²) in [4.78, 5) is 18.8. The van der Waals surface area contributed by atoms with Crippen LogP contribution in [0, 0.1) is 0 Å². The molecule has 0 bridgehead atoms. The van der Waals surface area contributed by atoms with Crippen LogP contribution in [0.5, 0.6) is 11.5 Å². The molecule has 2 aromatic rings. The lowest BCUT2D eigenvalue weighted by Crippen LogP contribution is -2.43. The van der Waals surface area contributed by atoms with Gasteiger partial charge in [0.25, 0.3) is 0 Å². The summed E-state index contributed by atoms with van der Waals surface area (Å²) in [6.45, 7) is 3.98. The molecule has 0 fully saturated rings. The molecule has 140 valence electrons. The number of methoxy groups -OCH3 is 2. The number of carbonyl (C=O) groups excluding carboxylic acids is 1. The summed E-state index contributed by atoms with van der Waals surface area (Å²) in [5.74, 6) is 1.43. The van der Waals surface area contributed by atoms with Crippen LogP contribution in [-0.4, -0.2) is 43.2 Å². The molecular formula is C19H25N3O3S. The van der Waals surface area contributed by atoms with E-state index in [9.17, 15) is 4.79 Å². The van der Waals surface area contributed by atoms with Gasteiger partial charge in [-0.3, -0.25) is 0 Å². The van der Waals surface area contributed by atoms with Crippen LogP contribution in [0.15, 0.2) is 17.5 Å². The number of aryl methyl sites for hydroxylation is 1. The maximum atomic E-state index is 12.5. The maximum Gasteiger partial charge on any atom is 0.317 e. The van der Waals surface area contributed by atoms with E-state index in [0.29, 0.717) is 25.4 Å². The van der Waals surface area contributed by atoms with Gasteiger partial charge in [-0.2, -0.15) is 0 Å². The molecule has 2 amide bonds. The van der Waals surface area contributed by atoms with E-state index in [1.165, 1.54) is 5.56 Å². The Morgan fingerprint density at radius 3 is 2.65 bits per heavy atom. The molecule has 0 radical (unpaired) electrons. The average Bonchev–Trinajstić information content (AvgIpc) is 3.14. The first-order chi connectivity index (χ1) is 12.6. The Balaban J connectivity index is 1.56. The van der Waals surface area contributed by atoms with E-state index in [0.717, 1.165) is 41.3 Å². The lowest BCUT2D eigenvalue weighted by molar-refractivity contribution is 0.192. The van der Waals surface area contributed by atoms with Crippen molar-refractivity contribution in [2.24, 2.45) is 0 Å². The molecule has 0 saturated carbocycles. The van der Waals surface area contributed by atoms with Gasteiger partial charge in [0.2, 0.25) is 0 Å². The number of benzene rings is 1. The molecule has 2 heterocycles. The Bertz CT molecular complexity index is 775. The van der Waals surface area contributed by atoms with Gasteiger partial charge in [0, 0.05) is 31.4 Å². The van der Waals surface area contributed by atoms with E-state index in [2.05, 4.69) is 22.6 Å². The van der Waals surface area contributed by atoms with Gasteiger partial charge in [-0.15, -0.1) is 11.3 Å². The number of carbonyl (C=O) groups is 1. The van der Waals surface area contributed by atoms with Crippen molar-refractivity contribution in [2.75, 3.05) is 27.3 Å². The van der Waals surface area contributed by atoms with E-state index in [4.69, 9.17) is 9.47 Å². The zero-order valence-electron chi connectivity index (χ0n) is 15.5. The van der Waals surface area contributed by atoms with Crippen LogP contribution in [0.1, 0.15) is 28.8 Å². The zero-order valence-corrected chi connectivity index (χ0v) is 16.3. The first kappa shape index (κ1) is 18.5.